The lowest BCUT2D eigenvalue weighted by molar-refractivity contribution is -0.121. The highest BCUT2D eigenvalue weighted by molar-refractivity contribution is 5.83. The molecule has 1 aliphatic rings. The molecule has 3 rings (SSSR count). The second-order valence-electron chi connectivity index (χ2n) is 8.94. The number of β-amino-alcohol motifs (C(OH)–C–C–N with tert-alkyl or cyclic N) is 1. The Morgan fingerprint density at radius 1 is 1.15 bits per heavy atom. The minimum Gasteiger partial charge on any atom is -0.491 e. The van der Waals surface area contributed by atoms with Gasteiger partial charge in [0.1, 0.15) is 18.5 Å². The molecular formula is C25H33N5O4. The molecule has 9 nitrogen and oxygen atoms in total. The predicted octanol–water partition coefficient (Wildman–Crippen LogP) is 1.30. The van der Waals surface area contributed by atoms with Crippen molar-refractivity contribution in [2.75, 3.05) is 25.0 Å². The number of nitrogens with one attached hydrogen (secondary N) is 4. The van der Waals surface area contributed by atoms with E-state index in [0.29, 0.717) is 25.3 Å². The van der Waals surface area contributed by atoms with Gasteiger partial charge < -0.3 is 26.2 Å². The van der Waals surface area contributed by atoms with Gasteiger partial charge in [0, 0.05) is 30.7 Å². The molecule has 0 fully saturated rings. The first-order chi connectivity index (χ1) is 16.2. The van der Waals surface area contributed by atoms with E-state index in [2.05, 4.69) is 35.3 Å². The van der Waals surface area contributed by atoms with Crippen LogP contribution in [0.15, 0.2) is 54.6 Å². The van der Waals surface area contributed by atoms with Crippen LogP contribution in [0, 0.1) is 0 Å². The molecule has 2 aromatic rings. The summed E-state index contributed by atoms with van der Waals surface area (Å²) < 4.78 is 5.63. The number of hydrogen-bond donors (Lipinski definition) is 6. The second-order valence-corrected chi connectivity index (χ2v) is 8.94. The van der Waals surface area contributed by atoms with E-state index in [1.165, 1.54) is 0 Å². The first-order valence-corrected chi connectivity index (χ1v) is 11.2. The lowest BCUT2D eigenvalue weighted by Crippen LogP contribution is -2.49. The minimum absolute atomic E-state index is 0.0517. The summed E-state index contributed by atoms with van der Waals surface area (Å²) in [6, 6.07) is 15.0. The fraction of sp³-hybridized carbons (Fsp3) is 0.360. The van der Waals surface area contributed by atoms with E-state index in [9.17, 15) is 14.7 Å². The molecule has 9 heteroatoms. The van der Waals surface area contributed by atoms with Gasteiger partial charge in [-0.15, -0.1) is 0 Å². The largest absolute Gasteiger partial charge is 0.491 e. The van der Waals surface area contributed by atoms with Crippen molar-refractivity contribution in [2.45, 2.75) is 38.3 Å². The van der Waals surface area contributed by atoms with Gasteiger partial charge in [-0.2, -0.15) is 0 Å². The molecule has 0 bridgehead atoms. The van der Waals surface area contributed by atoms with Crippen molar-refractivity contribution in [3.8, 4) is 5.75 Å². The first kappa shape index (κ1) is 25.1. The number of hydrogen-bond acceptors (Lipinski definition) is 7. The van der Waals surface area contributed by atoms with Crippen molar-refractivity contribution < 1.29 is 19.4 Å². The molecule has 0 radical (unpaired) electrons. The summed E-state index contributed by atoms with van der Waals surface area (Å²) in [6.45, 7) is 5.28. The highest BCUT2D eigenvalue weighted by Crippen LogP contribution is 2.18. The number of anilines is 1. The summed E-state index contributed by atoms with van der Waals surface area (Å²) in [5, 5.41) is 17.1. The van der Waals surface area contributed by atoms with Gasteiger partial charge in [-0.1, -0.05) is 24.3 Å². The fourth-order valence-corrected chi connectivity index (χ4v) is 3.33. The van der Waals surface area contributed by atoms with Crippen LogP contribution in [0.4, 0.5) is 5.69 Å². The molecule has 1 atom stereocenters. The fourth-order valence-electron chi connectivity index (χ4n) is 3.33. The summed E-state index contributed by atoms with van der Waals surface area (Å²) in [4.78, 5) is 22.2. The van der Waals surface area contributed by atoms with Crippen LogP contribution in [0.1, 0.15) is 31.4 Å². The van der Waals surface area contributed by atoms with Gasteiger partial charge in [-0.05, 0) is 55.3 Å². The monoisotopic (exact) mass is 467 g/mol. The SMILES string of the molecule is CC(C)(CNc1ccc(C2=CCC(=O)NN2)cc1)NCC(O)COc1ccc(CC(N)=O)cc1. The maximum absolute atomic E-state index is 11.2. The van der Waals surface area contributed by atoms with Gasteiger partial charge in [0.15, 0.2) is 0 Å². The van der Waals surface area contributed by atoms with E-state index in [1.807, 2.05) is 30.3 Å². The van der Waals surface area contributed by atoms with Crippen LogP contribution in [0.5, 0.6) is 5.75 Å². The van der Waals surface area contributed by atoms with Crippen LogP contribution in [0.3, 0.4) is 0 Å². The number of carbonyl (C=O) groups excluding carboxylic acids is 2. The lowest BCUT2D eigenvalue weighted by Gasteiger charge is -2.28. The molecule has 0 aromatic heterocycles. The van der Waals surface area contributed by atoms with Crippen molar-refractivity contribution in [3.05, 3.63) is 65.7 Å². The molecule has 2 aromatic carbocycles. The molecule has 0 aliphatic carbocycles. The Morgan fingerprint density at radius 2 is 1.85 bits per heavy atom. The second kappa shape index (κ2) is 11.5. The minimum atomic E-state index is -0.680. The zero-order chi connectivity index (χ0) is 24.6. The van der Waals surface area contributed by atoms with Gasteiger partial charge in [0.25, 0.3) is 0 Å². The summed E-state index contributed by atoms with van der Waals surface area (Å²) in [5.74, 6) is 0.192. The van der Waals surface area contributed by atoms with Gasteiger partial charge in [0.2, 0.25) is 11.8 Å². The van der Waals surface area contributed by atoms with E-state index in [0.717, 1.165) is 22.5 Å². The summed E-state index contributed by atoms with van der Waals surface area (Å²) in [7, 11) is 0. The maximum atomic E-state index is 11.2. The third-order valence-corrected chi connectivity index (χ3v) is 5.32. The number of hydrazine groups is 1. The van der Waals surface area contributed by atoms with Crippen LogP contribution in [0.2, 0.25) is 0 Å². The van der Waals surface area contributed by atoms with Crippen LogP contribution < -0.4 is 32.0 Å². The zero-order valence-electron chi connectivity index (χ0n) is 19.6. The number of aliphatic hydroxyl groups is 1. The Hall–Kier alpha value is -3.56. The Bertz CT molecular complexity index is 1000. The molecule has 1 unspecified atom stereocenters. The Balaban J connectivity index is 1.39. The number of rotatable bonds is 12. The molecule has 0 saturated carbocycles. The molecule has 2 amide bonds. The average molecular weight is 468 g/mol. The third kappa shape index (κ3) is 8.09. The zero-order valence-corrected chi connectivity index (χ0v) is 19.6. The number of benzene rings is 2. The predicted molar refractivity (Wildman–Crippen MR) is 132 cm³/mol. The molecule has 34 heavy (non-hydrogen) atoms. The van der Waals surface area contributed by atoms with Crippen molar-refractivity contribution >= 4 is 23.2 Å². The normalized spacial score (nSPS) is 14.4. The van der Waals surface area contributed by atoms with Crippen LogP contribution in [-0.4, -0.2) is 48.3 Å². The Kier molecular flexibility index (Phi) is 8.50. The van der Waals surface area contributed by atoms with Crippen LogP contribution in [-0.2, 0) is 16.0 Å². The quantitative estimate of drug-likeness (QED) is 0.277. The van der Waals surface area contributed by atoms with E-state index in [1.54, 1.807) is 24.3 Å². The van der Waals surface area contributed by atoms with E-state index >= 15 is 0 Å². The smallest absolute Gasteiger partial charge is 0.242 e. The average Bonchev–Trinajstić information content (AvgIpc) is 2.82. The Morgan fingerprint density at radius 3 is 2.47 bits per heavy atom. The van der Waals surface area contributed by atoms with Crippen molar-refractivity contribution in [2.24, 2.45) is 5.73 Å². The van der Waals surface area contributed by atoms with Gasteiger partial charge in [-0.3, -0.25) is 20.4 Å². The first-order valence-electron chi connectivity index (χ1n) is 11.2. The van der Waals surface area contributed by atoms with Crippen molar-refractivity contribution in [3.63, 3.8) is 0 Å². The maximum Gasteiger partial charge on any atom is 0.242 e. The standard InChI is InChI=1S/C25H33N5O4/c1-25(2,16-27-19-7-5-18(6-8-19)22-11-12-24(33)30-29-22)28-14-20(31)15-34-21-9-3-17(4-10-21)13-23(26)32/h3-11,20,27-29,31H,12-16H2,1-2H3,(H2,26,32)(H,30,33). The third-order valence-electron chi connectivity index (χ3n) is 5.32. The van der Waals surface area contributed by atoms with E-state index < -0.39 is 6.10 Å². The molecule has 182 valence electrons. The number of carbonyl (C=O) groups is 2. The molecule has 1 heterocycles. The molecule has 0 spiro atoms. The number of ether oxygens (including phenoxy) is 1. The van der Waals surface area contributed by atoms with E-state index in [4.69, 9.17) is 10.5 Å². The molecule has 7 N–H and O–H groups in total. The van der Waals surface area contributed by atoms with Crippen LogP contribution >= 0.6 is 0 Å². The summed E-state index contributed by atoms with van der Waals surface area (Å²) in [6.07, 6.45) is 1.74. The van der Waals surface area contributed by atoms with Gasteiger partial charge in [-0.25, -0.2) is 0 Å². The summed E-state index contributed by atoms with van der Waals surface area (Å²) >= 11 is 0. The van der Waals surface area contributed by atoms with Crippen molar-refractivity contribution in [1.82, 2.24) is 16.2 Å². The Labute approximate surface area is 199 Å². The molecule has 1 aliphatic heterocycles. The summed E-state index contributed by atoms with van der Waals surface area (Å²) in [5.41, 5.74) is 14.1. The highest BCUT2D eigenvalue weighted by atomic mass is 16.5. The van der Waals surface area contributed by atoms with Crippen LogP contribution in [0.25, 0.3) is 5.70 Å². The number of aliphatic hydroxyl groups excluding tert-OH is 1. The van der Waals surface area contributed by atoms with Gasteiger partial charge in [0.05, 0.1) is 12.1 Å². The number of amides is 2. The molecular weight excluding hydrogens is 434 g/mol. The lowest BCUT2D eigenvalue weighted by atomic mass is 10.0. The van der Waals surface area contributed by atoms with Gasteiger partial charge >= 0.3 is 0 Å². The van der Waals surface area contributed by atoms with Crippen molar-refractivity contribution in [1.29, 1.82) is 0 Å². The number of primary amides is 1. The topological polar surface area (TPSA) is 138 Å². The number of nitrogens with two attached hydrogens (primary N) is 1. The molecule has 0 saturated heterocycles. The van der Waals surface area contributed by atoms with E-state index in [-0.39, 0.29) is 30.4 Å². The highest BCUT2D eigenvalue weighted by Gasteiger charge is 2.19.